The van der Waals surface area contributed by atoms with Gasteiger partial charge in [0, 0.05) is 12.1 Å². The average Bonchev–Trinajstić information content (AvgIpc) is 3.23. The number of ether oxygens (including phenoxy) is 3. The Morgan fingerprint density at radius 3 is 2.78 bits per heavy atom. The van der Waals surface area contributed by atoms with Crippen LogP contribution < -0.4 is 10.5 Å². The van der Waals surface area contributed by atoms with E-state index in [2.05, 4.69) is 15.0 Å². The minimum Gasteiger partial charge on any atom is -0.491 e. The van der Waals surface area contributed by atoms with Gasteiger partial charge in [-0.2, -0.15) is 0 Å². The molecular weight excluding hydrogens is 374 g/mol. The van der Waals surface area contributed by atoms with Crippen molar-refractivity contribution in [3.63, 3.8) is 0 Å². The molecule has 0 radical (unpaired) electrons. The molecule has 0 spiro atoms. The van der Waals surface area contributed by atoms with Gasteiger partial charge in [0.25, 0.3) is 0 Å². The van der Waals surface area contributed by atoms with E-state index in [1.807, 2.05) is 0 Å². The predicted octanol–water partition coefficient (Wildman–Crippen LogP) is 1.41. The van der Waals surface area contributed by atoms with Crippen LogP contribution in [0.4, 0.5) is 5.82 Å². The molecule has 0 aliphatic carbocycles. The normalized spacial score (nSPS) is 25.1. The fraction of sp³-hybridized carbons (Fsp3) is 0.353. The maximum Gasteiger partial charge on any atom is 0.167 e. The molecule has 1 fully saturated rings. The summed E-state index contributed by atoms with van der Waals surface area (Å²) < 4.78 is 18.9. The first kappa shape index (κ1) is 17.9. The van der Waals surface area contributed by atoms with Gasteiger partial charge in [0.15, 0.2) is 17.7 Å². The smallest absolute Gasteiger partial charge is 0.167 e. The molecule has 27 heavy (non-hydrogen) atoms. The van der Waals surface area contributed by atoms with Crippen molar-refractivity contribution in [2.24, 2.45) is 0 Å². The Morgan fingerprint density at radius 2 is 2.04 bits per heavy atom. The Kier molecular flexibility index (Phi) is 4.83. The number of halogens is 1. The van der Waals surface area contributed by atoms with Crippen molar-refractivity contribution < 1.29 is 19.3 Å². The molecule has 0 amide bonds. The summed E-state index contributed by atoms with van der Waals surface area (Å²) in [6, 6.07) is 6.95. The minimum absolute atomic E-state index is 0.142. The molecule has 2 aromatic heterocycles. The molecular formula is C17H18ClN5O4. The highest BCUT2D eigenvalue weighted by molar-refractivity contribution is 6.30. The number of aliphatic hydroxyl groups excluding tert-OH is 1. The van der Waals surface area contributed by atoms with Crippen LogP contribution in [0.1, 0.15) is 6.23 Å². The third-order valence-electron chi connectivity index (χ3n) is 4.47. The highest BCUT2D eigenvalue weighted by atomic mass is 35.5. The van der Waals surface area contributed by atoms with Crippen LogP contribution >= 0.6 is 11.6 Å². The summed E-state index contributed by atoms with van der Waals surface area (Å²) in [5.41, 5.74) is 6.80. The van der Waals surface area contributed by atoms with Crippen LogP contribution in [-0.2, 0) is 9.47 Å². The van der Waals surface area contributed by atoms with Gasteiger partial charge in [-0.3, -0.25) is 4.57 Å². The number of methoxy groups -OCH3 is 1. The number of benzene rings is 1. The number of nitrogen functional groups attached to an aromatic ring is 1. The fourth-order valence-corrected chi connectivity index (χ4v) is 3.23. The first-order chi connectivity index (χ1) is 13.1. The minimum atomic E-state index is -0.899. The van der Waals surface area contributed by atoms with Gasteiger partial charge in [-0.15, -0.1) is 0 Å². The van der Waals surface area contributed by atoms with Crippen LogP contribution in [0.15, 0.2) is 36.9 Å². The van der Waals surface area contributed by atoms with E-state index in [0.717, 1.165) is 0 Å². The number of hydrogen-bond acceptors (Lipinski definition) is 8. The van der Waals surface area contributed by atoms with Crippen molar-refractivity contribution in [2.45, 2.75) is 24.5 Å². The van der Waals surface area contributed by atoms with Crippen molar-refractivity contribution in [1.82, 2.24) is 19.5 Å². The maximum absolute atomic E-state index is 10.6. The number of hydrogen-bond donors (Lipinski definition) is 2. The Bertz CT molecular complexity index is 935. The van der Waals surface area contributed by atoms with Gasteiger partial charge >= 0.3 is 0 Å². The SMILES string of the molecule is CO[C@@H]1[C@H](O)[C@@H](COc2ccc(Cl)cc2)O[C@H]1n1cnc2c(N)ncnc21. The third kappa shape index (κ3) is 3.30. The zero-order valence-electron chi connectivity index (χ0n) is 14.4. The quantitative estimate of drug-likeness (QED) is 0.670. The number of nitrogens with zero attached hydrogens (tertiary/aromatic N) is 4. The third-order valence-corrected chi connectivity index (χ3v) is 4.73. The van der Waals surface area contributed by atoms with E-state index in [4.69, 9.17) is 31.5 Å². The molecule has 1 aromatic carbocycles. The topological polar surface area (TPSA) is 118 Å². The Balaban J connectivity index is 1.55. The van der Waals surface area contributed by atoms with Gasteiger partial charge in [0.1, 0.15) is 42.5 Å². The summed E-state index contributed by atoms with van der Waals surface area (Å²) in [6.45, 7) is 0.142. The molecule has 3 aromatic rings. The Labute approximate surface area is 159 Å². The Hall–Kier alpha value is -2.46. The molecule has 142 valence electrons. The number of imidazole rings is 1. The highest BCUT2D eigenvalue weighted by Crippen LogP contribution is 2.34. The lowest BCUT2D eigenvalue weighted by Gasteiger charge is -2.19. The number of aromatic nitrogens is 4. The summed E-state index contributed by atoms with van der Waals surface area (Å²) in [5, 5.41) is 11.2. The summed E-state index contributed by atoms with van der Waals surface area (Å²) in [4.78, 5) is 12.4. The molecule has 1 aliphatic heterocycles. The summed E-state index contributed by atoms with van der Waals surface area (Å²) >= 11 is 5.87. The highest BCUT2D eigenvalue weighted by Gasteiger charge is 2.46. The van der Waals surface area contributed by atoms with Crippen LogP contribution in [0.25, 0.3) is 11.2 Å². The van der Waals surface area contributed by atoms with E-state index in [1.54, 1.807) is 35.2 Å². The van der Waals surface area contributed by atoms with Crippen LogP contribution in [0, 0.1) is 0 Å². The van der Waals surface area contributed by atoms with Crippen LogP contribution in [0.2, 0.25) is 5.02 Å². The largest absolute Gasteiger partial charge is 0.491 e. The maximum atomic E-state index is 10.6. The van der Waals surface area contributed by atoms with E-state index in [-0.39, 0.29) is 12.4 Å². The molecule has 1 aliphatic rings. The summed E-state index contributed by atoms with van der Waals surface area (Å²) in [6.07, 6.45) is 0.128. The second-order valence-electron chi connectivity index (χ2n) is 6.10. The molecule has 3 heterocycles. The van der Waals surface area contributed by atoms with Crippen LogP contribution in [-0.4, -0.2) is 56.7 Å². The molecule has 0 unspecified atom stereocenters. The van der Waals surface area contributed by atoms with Crippen molar-refractivity contribution in [1.29, 1.82) is 0 Å². The van der Waals surface area contributed by atoms with Crippen molar-refractivity contribution >= 4 is 28.6 Å². The predicted molar refractivity (Wildman–Crippen MR) is 97.4 cm³/mol. The number of fused-ring (bicyclic) bond motifs is 1. The molecule has 10 heteroatoms. The number of anilines is 1. The lowest BCUT2D eigenvalue weighted by atomic mass is 10.1. The lowest BCUT2D eigenvalue weighted by Crippen LogP contribution is -2.35. The van der Waals surface area contributed by atoms with E-state index >= 15 is 0 Å². The second kappa shape index (κ2) is 7.28. The van der Waals surface area contributed by atoms with Crippen molar-refractivity contribution in [3.8, 4) is 5.75 Å². The molecule has 1 saturated heterocycles. The average molecular weight is 392 g/mol. The molecule has 0 saturated carbocycles. The Morgan fingerprint density at radius 1 is 1.26 bits per heavy atom. The first-order valence-electron chi connectivity index (χ1n) is 8.26. The van der Waals surface area contributed by atoms with Gasteiger partial charge in [-0.05, 0) is 24.3 Å². The van der Waals surface area contributed by atoms with Crippen LogP contribution in [0.3, 0.4) is 0 Å². The summed E-state index contributed by atoms with van der Waals surface area (Å²) in [5.74, 6) is 0.898. The molecule has 3 N–H and O–H groups in total. The molecule has 0 bridgehead atoms. The molecule has 9 nitrogen and oxygen atoms in total. The van der Waals surface area contributed by atoms with E-state index in [9.17, 15) is 5.11 Å². The second-order valence-corrected chi connectivity index (χ2v) is 6.54. The first-order valence-corrected chi connectivity index (χ1v) is 8.64. The van der Waals surface area contributed by atoms with E-state index < -0.39 is 24.5 Å². The van der Waals surface area contributed by atoms with Crippen molar-refractivity contribution in [3.05, 3.63) is 41.9 Å². The molecule has 4 rings (SSSR count). The number of rotatable bonds is 5. The van der Waals surface area contributed by atoms with Crippen molar-refractivity contribution in [2.75, 3.05) is 19.5 Å². The van der Waals surface area contributed by atoms with Crippen LogP contribution in [0.5, 0.6) is 5.75 Å². The van der Waals surface area contributed by atoms with E-state index in [1.165, 1.54) is 13.4 Å². The van der Waals surface area contributed by atoms with Gasteiger partial charge in [-0.1, -0.05) is 11.6 Å². The number of aliphatic hydroxyl groups is 1. The number of nitrogens with two attached hydrogens (primary N) is 1. The van der Waals surface area contributed by atoms with E-state index in [0.29, 0.717) is 21.9 Å². The standard InChI is InChI=1S/C17H18ClN5O4/c1-25-14-13(24)11(6-26-10-4-2-9(18)3-5-10)27-17(14)23-8-22-12-15(19)20-7-21-16(12)23/h2-5,7-8,11,13-14,17,24H,6H2,1H3,(H2,19,20,21)/t11-,13-,14-,17-/m1/s1. The monoisotopic (exact) mass is 391 g/mol. The fourth-order valence-electron chi connectivity index (χ4n) is 3.10. The van der Waals surface area contributed by atoms with Gasteiger partial charge in [0.2, 0.25) is 0 Å². The summed E-state index contributed by atoms with van der Waals surface area (Å²) in [7, 11) is 1.51. The zero-order valence-corrected chi connectivity index (χ0v) is 15.2. The lowest BCUT2D eigenvalue weighted by molar-refractivity contribution is -0.0560. The zero-order chi connectivity index (χ0) is 19.0. The van der Waals surface area contributed by atoms with Gasteiger partial charge in [-0.25, -0.2) is 15.0 Å². The molecule has 4 atom stereocenters. The van der Waals surface area contributed by atoms with Gasteiger partial charge < -0.3 is 25.1 Å². The van der Waals surface area contributed by atoms with Gasteiger partial charge in [0.05, 0.1) is 6.33 Å².